The summed E-state index contributed by atoms with van der Waals surface area (Å²) in [5.74, 6) is 0.168. The van der Waals surface area contributed by atoms with Crippen molar-refractivity contribution >= 4 is 43.6 Å². The summed E-state index contributed by atoms with van der Waals surface area (Å²) in [7, 11) is 0. The molecule has 0 bridgehead atoms. The highest BCUT2D eigenvalue weighted by Crippen LogP contribution is 2.49. The van der Waals surface area contributed by atoms with Gasteiger partial charge in [-0.15, -0.1) is 0 Å². The molecular formula is C63H44N2. The number of benzene rings is 10. The molecule has 13 rings (SSSR count). The quantitative estimate of drug-likeness (QED) is 0.144. The molecule has 2 nitrogen and oxygen atoms in total. The molecule has 12 aromatic rings. The van der Waals surface area contributed by atoms with E-state index >= 15 is 0 Å². The van der Waals surface area contributed by atoms with Crippen LogP contribution in [0.1, 0.15) is 44.9 Å². The first kappa shape index (κ1) is 37.4. The van der Waals surface area contributed by atoms with Crippen LogP contribution < -0.4 is 0 Å². The van der Waals surface area contributed by atoms with Crippen LogP contribution in [-0.2, 0) is 12.8 Å². The van der Waals surface area contributed by atoms with Gasteiger partial charge in [0.2, 0.25) is 0 Å². The molecule has 306 valence electrons. The van der Waals surface area contributed by atoms with Gasteiger partial charge >= 0.3 is 0 Å². The lowest BCUT2D eigenvalue weighted by Crippen LogP contribution is -2.01. The predicted octanol–water partition coefficient (Wildman–Crippen LogP) is 15.9. The Morgan fingerprint density at radius 2 is 0.800 bits per heavy atom. The summed E-state index contributed by atoms with van der Waals surface area (Å²) < 4.78 is 4.94. The van der Waals surface area contributed by atoms with Crippen LogP contribution in [0.2, 0.25) is 0 Å². The van der Waals surface area contributed by atoms with E-state index in [4.69, 9.17) is 0 Å². The minimum absolute atomic E-state index is 0.168. The number of aromatic nitrogens is 2. The predicted molar refractivity (Wildman–Crippen MR) is 272 cm³/mol. The van der Waals surface area contributed by atoms with Gasteiger partial charge < -0.3 is 9.13 Å². The summed E-state index contributed by atoms with van der Waals surface area (Å²) in [6.45, 7) is 0. The van der Waals surface area contributed by atoms with E-state index in [2.05, 4.69) is 246 Å². The molecule has 10 aromatic carbocycles. The van der Waals surface area contributed by atoms with Crippen molar-refractivity contribution in [1.82, 2.24) is 9.13 Å². The van der Waals surface area contributed by atoms with Crippen molar-refractivity contribution in [3.05, 3.63) is 276 Å². The molecule has 0 radical (unpaired) electrons. The van der Waals surface area contributed by atoms with Gasteiger partial charge in [0.1, 0.15) is 0 Å². The Bertz CT molecular complexity index is 3750. The molecule has 0 amide bonds. The van der Waals surface area contributed by atoms with E-state index in [0.29, 0.717) is 0 Å². The molecule has 0 aliphatic heterocycles. The van der Waals surface area contributed by atoms with E-state index in [1.165, 1.54) is 116 Å². The number of fused-ring (bicyclic) bond motifs is 9. The molecule has 0 fully saturated rings. The molecule has 65 heavy (non-hydrogen) atoms. The maximum atomic E-state index is 2.52. The Morgan fingerprint density at radius 3 is 1.48 bits per heavy atom. The van der Waals surface area contributed by atoms with Gasteiger partial charge in [0.05, 0.1) is 22.1 Å². The second-order valence-corrected chi connectivity index (χ2v) is 17.7. The van der Waals surface area contributed by atoms with E-state index in [0.717, 1.165) is 12.8 Å². The maximum Gasteiger partial charge on any atom is 0.0547 e. The first-order valence-corrected chi connectivity index (χ1v) is 22.8. The van der Waals surface area contributed by atoms with Gasteiger partial charge in [-0.1, -0.05) is 170 Å². The zero-order valence-corrected chi connectivity index (χ0v) is 35.9. The van der Waals surface area contributed by atoms with Gasteiger partial charge in [0, 0.05) is 38.8 Å². The Hall–Kier alpha value is -8.20. The molecule has 2 heteroatoms. The van der Waals surface area contributed by atoms with Gasteiger partial charge in [0.15, 0.2) is 0 Å². The van der Waals surface area contributed by atoms with Crippen molar-refractivity contribution in [1.29, 1.82) is 0 Å². The highest BCUT2D eigenvalue weighted by atomic mass is 15.0. The fourth-order valence-electron chi connectivity index (χ4n) is 10.9. The van der Waals surface area contributed by atoms with Gasteiger partial charge in [-0.2, -0.15) is 0 Å². The van der Waals surface area contributed by atoms with Gasteiger partial charge in [-0.05, 0) is 141 Å². The van der Waals surface area contributed by atoms with Crippen molar-refractivity contribution in [2.45, 2.75) is 18.8 Å². The highest BCUT2D eigenvalue weighted by molar-refractivity contribution is 6.13. The summed E-state index contributed by atoms with van der Waals surface area (Å²) in [6, 6.07) is 87.8. The van der Waals surface area contributed by atoms with Gasteiger partial charge in [0.25, 0.3) is 0 Å². The smallest absolute Gasteiger partial charge is 0.0547 e. The third-order valence-electron chi connectivity index (χ3n) is 13.8. The average Bonchev–Trinajstić information content (AvgIpc) is 3.99. The first-order valence-electron chi connectivity index (χ1n) is 22.8. The maximum absolute atomic E-state index is 2.52. The van der Waals surface area contributed by atoms with E-state index in [-0.39, 0.29) is 5.92 Å². The average molecular weight is 829 g/mol. The first-order chi connectivity index (χ1) is 32.2. The summed E-state index contributed by atoms with van der Waals surface area (Å²) in [5.41, 5.74) is 21.6. The number of hydrogen-bond acceptors (Lipinski definition) is 0. The Balaban J connectivity index is 1.00. The van der Waals surface area contributed by atoms with E-state index in [1.54, 1.807) is 0 Å². The second-order valence-electron chi connectivity index (χ2n) is 17.7. The number of rotatable bonds is 8. The fourth-order valence-corrected chi connectivity index (χ4v) is 10.9. The van der Waals surface area contributed by atoms with E-state index in [9.17, 15) is 0 Å². The third-order valence-corrected chi connectivity index (χ3v) is 13.8. The molecule has 2 heterocycles. The molecule has 0 spiro atoms. The summed E-state index contributed by atoms with van der Waals surface area (Å²) >= 11 is 0. The molecule has 1 atom stereocenters. The summed E-state index contributed by atoms with van der Waals surface area (Å²) in [5, 5.41) is 5.06. The molecule has 1 aliphatic rings. The number of hydrogen-bond donors (Lipinski definition) is 0. The number of para-hydroxylation sites is 1. The van der Waals surface area contributed by atoms with Gasteiger partial charge in [-0.3, -0.25) is 0 Å². The van der Waals surface area contributed by atoms with Crippen molar-refractivity contribution in [2.24, 2.45) is 0 Å². The Kier molecular flexibility index (Phi) is 8.77. The lowest BCUT2D eigenvalue weighted by atomic mass is 9.89. The lowest BCUT2D eigenvalue weighted by molar-refractivity contribution is 1.01. The van der Waals surface area contributed by atoms with Crippen LogP contribution in [0.4, 0.5) is 0 Å². The van der Waals surface area contributed by atoms with Crippen LogP contribution >= 0.6 is 0 Å². The van der Waals surface area contributed by atoms with Crippen molar-refractivity contribution in [3.8, 4) is 33.6 Å². The topological polar surface area (TPSA) is 9.86 Å². The minimum atomic E-state index is 0.168. The molecule has 1 unspecified atom stereocenters. The third kappa shape index (κ3) is 6.32. The van der Waals surface area contributed by atoms with Crippen molar-refractivity contribution < 1.29 is 0 Å². The SMILES string of the molecule is c1ccc(Cc2ccc3c(c2)c2cc(-c4ccc5c6cc(Cc7ccccc7)ccc6n(-c6ccc7c(c6)C(c6ccccc6)c6ccccc6-7)c5c4)ccc2n3-c2ccccc2)cc1. The van der Waals surface area contributed by atoms with Crippen molar-refractivity contribution in [3.63, 3.8) is 0 Å². The highest BCUT2D eigenvalue weighted by Gasteiger charge is 2.30. The van der Waals surface area contributed by atoms with Crippen LogP contribution in [0.3, 0.4) is 0 Å². The van der Waals surface area contributed by atoms with E-state index < -0.39 is 0 Å². The van der Waals surface area contributed by atoms with Crippen LogP contribution in [0.25, 0.3) is 77.2 Å². The molecule has 2 aromatic heterocycles. The van der Waals surface area contributed by atoms with Crippen molar-refractivity contribution in [2.75, 3.05) is 0 Å². The number of nitrogens with zero attached hydrogens (tertiary/aromatic N) is 2. The van der Waals surface area contributed by atoms with Crippen LogP contribution in [0, 0.1) is 0 Å². The molecule has 0 N–H and O–H groups in total. The normalized spacial score (nSPS) is 13.2. The minimum Gasteiger partial charge on any atom is -0.309 e. The Morgan fingerprint density at radius 1 is 0.292 bits per heavy atom. The summed E-state index contributed by atoms with van der Waals surface area (Å²) in [4.78, 5) is 0. The monoisotopic (exact) mass is 828 g/mol. The molecule has 0 saturated carbocycles. The molecule has 0 saturated heterocycles. The van der Waals surface area contributed by atoms with Gasteiger partial charge in [-0.25, -0.2) is 0 Å². The second kappa shape index (κ2) is 15.3. The van der Waals surface area contributed by atoms with E-state index in [1.807, 2.05) is 0 Å². The fraction of sp³-hybridized carbons (Fsp3) is 0.0476. The largest absolute Gasteiger partial charge is 0.309 e. The zero-order chi connectivity index (χ0) is 42.8. The Labute approximate surface area is 378 Å². The zero-order valence-electron chi connectivity index (χ0n) is 35.9. The lowest BCUT2D eigenvalue weighted by Gasteiger charge is -2.16. The standard InChI is InChI=1S/C63H44N2/c1-5-15-42(16-6-1)35-44-25-32-59-55(37-44)53-30-27-48(40-62(53)65(59)50-29-31-52-51-23-13-14-24-54(51)63(58(52)41-50)46-19-9-3-10-20-46)47-28-34-61-57(39-47)56-38-45(36-43-17-7-2-8-18-43)26-33-60(56)64(61)49-21-11-4-12-22-49/h1-34,37-41,63H,35-36H2. The molecule has 1 aliphatic carbocycles. The van der Waals surface area contributed by atoms with Crippen LogP contribution in [-0.4, -0.2) is 9.13 Å². The van der Waals surface area contributed by atoms with Crippen LogP contribution in [0.15, 0.2) is 237 Å². The van der Waals surface area contributed by atoms with Crippen LogP contribution in [0.5, 0.6) is 0 Å². The summed E-state index contributed by atoms with van der Waals surface area (Å²) in [6.07, 6.45) is 1.78. The molecular weight excluding hydrogens is 785 g/mol.